The molecule has 0 bridgehead atoms. The van der Waals surface area contributed by atoms with Crippen LogP contribution in [0.3, 0.4) is 0 Å². The molecule has 0 atom stereocenters. The van der Waals surface area contributed by atoms with Crippen LogP contribution in [0.1, 0.15) is 22.3 Å². The third-order valence-corrected chi connectivity index (χ3v) is 4.31. The van der Waals surface area contributed by atoms with Gasteiger partial charge < -0.3 is 5.73 Å². The van der Waals surface area contributed by atoms with E-state index in [-0.39, 0.29) is 5.96 Å². The zero-order valence-corrected chi connectivity index (χ0v) is 14.1. The first kappa shape index (κ1) is 15.8. The van der Waals surface area contributed by atoms with Gasteiger partial charge in [-0.1, -0.05) is 11.3 Å². The second-order valence-electron chi connectivity index (χ2n) is 5.88. The lowest BCUT2D eigenvalue weighted by Gasteiger charge is -2.07. The van der Waals surface area contributed by atoms with Crippen LogP contribution >= 0.6 is 0 Å². The van der Waals surface area contributed by atoms with Crippen molar-refractivity contribution in [1.82, 2.24) is 15.0 Å². The van der Waals surface area contributed by atoms with E-state index in [4.69, 9.17) is 11.3 Å². The Morgan fingerprint density at radius 2 is 1.71 bits per heavy atom. The summed E-state index contributed by atoms with van der Waals surface area (Å²) < 4.78 is 1.50. The van der Waals surface area contributed by atoms with Gasteiger partial charge in [0.2, 0.25) is 5.96 Å². The largest absolute Gasteiger partial charge is 0.368 e. The summed E-state index contributed by atoms with van der Waals surface area (Å²) in [5.74, 6) is 0.189. The van der Waals surface area contributed by atoms with Crippen molar-refractivity contribution in [2.45, 2.75) is 27.7 Å². The Kier molecular flexibility index (Phi) is 3.84. The highest BCUT2D eigenvalue weighted by molar-refractivity contribution is 5.93. The summed E-state index contributed by atoms with van der Waals surface area (Å²) in [7, 11) is 0. The highest BCUT2D eigenvalue weighted by Gasteiger charge is 2.12. The van der Waals surface area contributed by atoms with E-state index >= 15 is 0 Å². The van der Waals surface area contributed by atoms with Crippen LogP contribution in [0.25, 0.3) is 11.0 Å². The quantitative estimate of drug-likeness (QED) is 0.425. The molecule has 3 aromatic rings. The molecule has 3 N–H and O–H groups in total. The van der Waals surface area contributed by atoms with Crippen molar-refractivity contribution < 1.29 is 0 Å². The van der Waals surface area contributed by atoms with Crippen LogP contribution in [0.15, 0.2) is 34.4 Å². The molecule has 0 amide bonds. The Hall–Kier alpha value is -3.09. The third-order valence-electron chi connectivity index (χ3n) is 4.31. The van der Waals surface area contributed by atoms with Crippen molar-refractivity contribution in [3.05, 3.63) is 46.5 Å². The standard InChI is InChI=1S/C17H19N7/c1-9-5-6-15-16(12(9)4)22-23-24(15)17(18)20-13-7-10(2)11(3)8-14(13)21-19/h5-8,19H,1-4H3,(H2,18,20). The Balaban J connectivity index is 2.15. The summed E-state index contributed by atoms with van der Waals surface area (Å²) in [5, 5.41) is 11.9. The maximum Gasteiger partial charge on any atom is 0.223 e. The molecular weight excluding hydrogens is 302 g/mol. The summed E-state index contributed by atoms with van der Waals surface area (Å²) in [5.41, 5.74) is 20.4. The van der Waals surface area contributed by atoms with Gasteiger partial charge in [-0.25, -0.2) is 10.5 Å². The van der Waals surface area contributed by atoms with E-state index < -0.39 is 0 Å². The summed E-state index contributed by atoms with van der Waals surface area (Å²) in [6, 6.07) is 7.62. The minimum absolute atomic E-state index is 0.189. The van der Waals surface area contributed by atoms with Crippen LogP contribution in [-0.4, -0.2) is 21.0 Å². The van der Waals surface area contributed by atoms with Gasteiger partial charge in [0, 0.05) is 0 Å². The fraction of sp³-hybridized carbons (Fsp3) is 0.235. The highest BCUT2D eigenvalue weighted by atomic mass is 15.5. The minimum atomic E-state index is 0.189. The molecule has 1 aromatic heterocycles. The van der Waals surface area contributed by atoms with E-state index in [1.807, 2.05) is 52.0 Å². The maximum absolute atomic E-state index is 7.33. The van der Waals surface area contributed by atoms with Crippen molar-refractivity contribution in [2.75, 3.05) is 0 Å². The lowest BCUT2D eigenvalue weighted by atomic mass is 10.1. The van der Waals surface area contributed by atoms with Crippen molar-refractivity contribution >= 4 is 28.4 Å². The molecule has 0 fully saturated rings. The Morgan fingerprint density at radius 1 is 1.04 bits per heavy atom. The summed E-state index contributed by atoms with van der Waals surface area (Å²) in [4.78, 5) is 4.42. The third kappa shape index (κ3) is 2.54. The number of hydrogen-bond acceptors (Lipinski definition) is 5. The molecule has 0 spiro atoms. The molecule has 0 aliphatic rings. The van der Waals surface area contributed by atoms with E-state index in [0.717, 1.165) is 33.3 Å². The van der Waals surface area contributed by atoms with Crippen LogP contribution < -0.4 is 5.73 Å². The van der Waals surface area contributed by atoms with Crippen LogP contribution in [0.5, 0.6) is 0 Å². The Bertz CT molecular complexity index is 982. The van der Waals surface area contributed by atoms with Gasteiger partial charge in [-0.3, -0.25) is 0 Å². The van der Waals surface area contributed by atoms with E-state index in [1.54, 1.807) is 0 Å². The Labute approximate surface area is 139 Å². The smallest absolute Gasteiger partial charge is 0.223 e. The van der Waals surface area contributed by atoms with Gasteiger partial charge in [0.25, 0.3) is 0 Å². The molecule has 24 heavy (non-hydrogen) atoms. The molecule has 0 saturated carbocycles. The zero-order chi connectivity index (χ0) is 17.4. The van der Waals surface area contributed by atoms with Gasteiger partial charge in [0.1, 0.15) is 11.2 Å². The summed E-state index contributed by atoms with van der Waals surface area (Å²) in [6.45, 7) is 7.99. The molecule has 7 heteroatoms. The normalized spacial score (nSPS) is 11.9. The van der Waals surface area contributed by atoms with E-state index in [2.05, 4.69) is 20.4 Å². The van der Waals surface area contributed by atoms with E-state index in [1.165, 1.54) is 4.68 Å². The minimum Gasteiger partial charge on any atom is -0.368 e. The molecule has 0 aliphatic carbocycles. The predicted molar refractivity (Wildman–Crippen MR) is 94.4 cm³/mol. The van der Waals surface area contributed by atoms with E-state index in [0.29, 0.717) is 11.4 Å². The van der Waals surface area contributed by atoms with Crippen LogP contribution in [0, 0.1) is 33.2 Å². The first-order valence-electron chi connectivity index (χ1n) is 7.57. The Morgan fingerprint density at radius 3 is 2.38 bits per heavy atom. The number of hydrogen-bond donors (Lipinski definition) is 2. The van der Waals surface area contributed by atoms with E-state index in [9.17, 15) is 0 Å². The number of aryl methyl sites for hydroxylation is 4. The molecule has 1 heterocycles. The highest BCUT2D eigenvalue weighted by Crippen LogP contribution is 2.31. The van der Waals surface area contributed by atoms with Crippen molar-refractivity contribution in [2.24, 2.45) is 15.8 Å². The van der Waals surface area contributed by atoms with Gasteiger partial charge in [-0.05, 0) is 68.1 Å². The first-order valence-corrected chi connectivity index (χ1v) is 7.57. The molecule has 7 nitrogen and oxygen atoms in total. The topological polar surface area (TPSA) is 105 Å². The molecular formula is C17H19N7. The number of aromatic nitrogens is 3. The number of nitrogens with two attached hydrogens (primary N) is 1. The fourth-order valence-corrected chi connectivity index (χ4v) is 2.53. The zero-order valence-electron chi connectivity index (χ0n) is 14.1. The molecule has 122 valence electrons. The molecule has 0 unspecified atom stereocenters. The maximum atomic E-state index is 7.33. The molecule has 0 saturated heterocycles. The predicted octanol–water partition coefficient (Wildman–Crippen LogP) is 3.82. The van der Waals surface area contributed by atoms with Crippen molar-refractivity contribution in [3.63, 3.8) is 0 Å². The van der Waals surface area contributed by atoms with Crippen LogP contribution in [0.2, 0.25) is 0 Å². The van der Waals surface area contributed by atoms with Gasteiger partial charge in [0.15, 0.2) is 0 Å². The van der Waals surface area contributed by atoms with Crippen LogP contribution in [0.4, 0.5) is 11.4 Å². The van der Waals surface area contributed by atoms with Crippen LogP contribution in [-0.2, 0) is 0 Å². The monoisotopic (exact) mass is 321 g/mol. The van der Waals surface area contributed by atoms with Crippen molar-refractivity contribution in [1.29, 1.82) is 5.53 Å². The van der Waals surface area contributed by atoms with Gasteiger partial charge in [0.05, 0.1) is 11.2 Å². The molecule has 0 radical (unpaired) electrons. The summed E-state index contributed by atoms with van der Waals surface area (Å²) >= 11 is 0. The first-order chi connectivity index (χ1) is 11.4. The number of benzene rings is 2. The lowest BCUT2D eigenvalue weighted by molar-refractivity contribution is 0.853. The van der Waals surface area contributed by atoms with Crippen molar-refractivity contribution in [3.8, 4) is 0 Å². The molecule has 0 aliphatic heterocycles. The van der Waals surface area contributed by atoms with Gasteiger partial charge in [-0.2, -0.15) is 9.80 Å². The average molecular weight is 321 g/mol. The summed E-state index contributed by atoms with van der Waals surface area (Å²) in [6.07, 6.45) is 0. The average Bonchev–Trinajstić information content (AvgIpc) is 2.99. The van der Waals surface area contributed by atoms with Gasteiger partial charge >= 0.3 is 0 Å². The second kappa shape index (κ2) is 5.84. The number of fused-ring (bicyclic) bond motifs is 1. The molecule has 2 aromatic carbocycles. The second-order valence-corrected chi connectivity index (χ2v) is 5.88. The lowest BCUT2D eigenvalue weighted by Crippen LogP contribution is -2.23. The number of rotatable bonds is 2. The number of nitrogens with zero attached hydrogens (tertiary/aromatic N) is 5. The van der Waals surface area contributed by atoms with Gasteiger partial charge in [-0.15, -0.1) is 5.10 Å². The number of aliphatic imine (C=N–C) groups is 1. The fourth-order valence-electron chi connectivity index (χ4n) is 2.53. The number of nitrogens with one attached hydrogen (secondary N) is 1. The molecule has 3 rings (SSSR count). The SMILES string of the molecule is Cc1cc(N=N)c(N=C(N)n2nnc3c(C)c(C)ccc32)cc1C.